The Morgan fingerprint density at radius 3 is 2.60 bits per heavy atom. The number of ether oxygens (including phenoxy) is 1. The summed E-state index contributed by atoms with van der Waals surface area (Å²) >= 11 is 1.15. The van der Waals surface area contributed by atoms with Crippen LogP contribution in [0.25, 0.3) is 0 Å². The van der Waals surface area contributed by atoms with Crippen molar-refractivity contribution >= 4 is 29.5 Å². The first-order chi connectivity index (χ1) is 6.83. The molecule has 0 amide bonds. The predicted molar refractivity (Wildman–Crippen MR) is 65.4 cm³/mol. The van der Waals surface area contributed by atoms with Crippen molar-refractivity contribution in [3.8, 4) is 0 Å². The number of benzene rings is 1. The first-order valence-electron chi connectivity index (χ1n) is 4.36. The molecule has 15 heavy (non-hydrogen) atoms. The molecule has 0 bridgehead atoms. The van der Waals surface area contributed by atoms with E-state index in [1.807, 2.05) is 30.3 Å². The van der Waals surface area contributed by atoms with Gasteiger partial charge in [0.2, 0.25) is 0 Å². The van der Waals surface area contributed by atoms with Crippen molar-refractivity contribution in [2.24, 2.45) is 5.73 Å². The highest BCUT2D eigenvalue weighted by Crippen LogP contribution is 2.13. The number of nitrogens with two attached hydrogens (primary N) is 1. The van der Waals surface area contributed by atoms with E-state index in [4.69, 9.17) is 10.5 Å². The largest absolute Gasteiger partial charge is 0.456 e. The summed E-state index contributed by atoms with van der Waals surface area (Å²) in [5, 5.41) is -0.265. The van der Waals surface area contributed by atoms with Gasteiger partial charge in [0.1, 0.15) is 6.61 Å². The van der Waals surface area contributed by atoms with Crippen molar-refractivity contribution in [2.75, 3.05) is 13.2 Å². The third-order valence-electron chi connectivity index (χ3n) is 1.54. The van der Waals surface area contributed by atoms with Crippen molar-refractivity contribution in [1.29, 1.82) is 0 Å². The number of carbonyl (C=O) groups excluding carboxylic acids is 1. The summed E-state index contributed by atoms with van der Waals surface area (Å²) in [6, 6.07) is 9.79. The lowest BCUT2D eigenvalue weighted by atomic mass is 10.2. The predicted octanol–water partition coefficient (Wildman–Crippen LogP) is 2.44. The topological polar surface area (TPSA) is 52.3 Å². The average molecular weight is 248 g/mol. The second-order valence-corrected chi connectivity index (χ2v) is 3.57. The minimum Gasteiger partial charge on any atom is -0.456 e. The van der Waals surface area contributed by atoms with E-state index in [-0.39, 0.29) is 17.7 Å². The van der Waals surface area contributed by atoms with Crippen LogP contribution < -0.4 is 5.73 Å². The number of rotatable bonds is 4. The van der Waals surface area contributed by atoms with Crippen LogP contribution in [-0.4, -0.2) is 18.5 Å². The summed E-state index contributed by atoms with van der Waals surface area (Å²) in [6.07, 6.45) is 0. The maximum atomic E-state index is 11.1. The second kappa shape index (κ2) is 8.59. The van der Waals surface area contributed by atoms with Crippen LogP contribution in [0, 0.1) is 0 Å². The fourth-order valence-electron chi connectivity index (χ4n) is 0.900. The van der Waals surface area contributed by atoms with E-state index in [2.05, 4.69) is 0 Å². The summed E-state index contributed by atoms with van der Waals surface area (Å²) < 4.78 is 4.81. The summed E-state index contributed by atoms with van der Waals surface area (Å²) in [5.74, 6) is 0.643. The van der Waals surface area contributed by atoms with Crippen LogP contribution in [0.3, 0.4) is 0 Å². The number of hydrogen-bond donors (Lipinski definition) is 1. The molecule has 0 aliphatic carbocycles. The summed E-state index contributed by atoms with van der Waals surface area (Å²) in [5.41, 5.74) is 6.31. The SMILES string of the molecule is Cl.NCCOC(=O)SCc1ccccc1. The number of halogens is 1. The standard InChI is InChI=1S/C10H13NO2S.ClH/c11-6-7-13-10(12)14-8-9-4-2-1-3-5-9;/h1-5H,6-8,11H2;1H. The van der Waals surface area contributed by atoms with E-state index < -0.39 is 0 Å². The molecule has 1 aromatic rings. The van der Waals surface area contributed by atoms with Gasteiger partial charge in [-0.15, -0.1) is 12.4 Å². The quantitative estimate of drug-likeness (QED) is 0.831. The Labute approximate surface area is 99.8 Å². The Morgan fingerprint density at radius 2 is 2.00 bits per heavy atom. The van der Waals surface area contributed by atoms with Crippen molar-refractivity contribution in [3.63, 3.8) is 0 Å². The molecule has 0 heterocycles. The molecule has 1 rings (SSSR count). The number of carbonyl (C=O) groups is 1. The normalized spacial score (nSPS) is 9.13. The number of hydrogen-bond acceptors (Lipinski definition) is 4. The molecule has 0 saturated carbocycles. The van der Waals surface area contributed by atoms with E-state index >= 15 is 0 Å². The molecule has 0 unspecified atom stereocenters. The lowest BCUT2D eigenvalue weighted by molar-refractivity contribution is 0.178. The zero-order valence-corrected chi connectivity index (χ0v) is 9.85. The fraction of sp³-hybridized carbons (Fsp3) is 0.300. The van der Waals surface area contributed by atoms with Gasteiger partial charge < -0.3 is 10.5 Å². The van der Waals surface area contributed by atoms with Gasteiger partial charge in [-0.05, 0) is 17.3 Å². The third-order valence-corrected chi connectivity index (χ3v) is 2.37. The zero-order valence-electron chi connectivity index (χ0n) is 8.22. The van der Waals surface area contributed by atoms with Gasteiger partial charge in [0.15, 0.2) is 0 Å². The molecule has 0 aromatic heterocycles. The van der Waals surface area contributed by atoms with Crippen molar-refractivity contribution in [1.82, 2.24) is 0 Å². The Kier molecular flexibility index (Phi) is 8.18. The Hall–Kier alpha value is -0.710. The van der Waals surface area contributed by atoms with Gasteiger partial charge in [0, 0.05) is 12.3 Å². The maximum absolute atomic E-state index is 11.1. The van der Waals surface area contributed by atoms with Crippen molar-refractivity contribution in [3.05, 3.63) is 35.9 Å². The highest BCUT2D eigenvalue weighted by molar-refractivity contribution is 8.12. The molecular formula is C10H14ClNO2S. The first kappa shape index (κ1) is 14.3. The smallest absolute Gasteiger partial charge is 0.367 e. The Bertz CT molecular complexity index is 282. The van der Waals surface area contributed by atoms with Crippen LogP contribution in [0.1, 0.15) is 5.56 Å². The number of thioether (sulfide) groups is 1. The molecular weight excluding hydrogens is 234 g/mol. The lowest BCUT2D eigenvalue weighted by Gasteiger charge is -2.02. The molecule has 2 N–H and O–H groups in total. The van der Waals surface area contributed by atoms with Gasteiger partial charge in [-0.1, -0.05) is 30.3 Å². The van der Waals surface area contributed by atoms with Crippen LogP contribution in [0.2, 0.25) is 0 Å². The maximum Gasteiger partial charge on any atom is 0.367 e. The molecule has 0 aliphatic rings. The summed E-state index contributed by atoms with van der Waals surface area (Å²) in [6.45, 7) is 0.665. The molecule has 3 nitrogen and oxygen atoms in total. The molecule has 0 atom stereocenters. The summed E-state index contributed by atoms with van der Waals surface area (Å²) in [7, 11) is 0. The molecule has 0 fully saturated rings. The van der Waals surface area contributed by atoms with Crippen LogP contribution >= 0.6 is 24.2 Å². The van der Waals surface area contributed by atoms with Crippen molar-refractivity contribution < 1.29 is 9.53 Å². The van der Waals surface area contributed by atoms with Crippen LogP contribution in [-0.2, 0) is 10.5 Å². The van der Waals surface area contributed by atoms with E-state index in [9.17, 15) is 4.79 Å². The molecule has 0 aliphatic heterocycles. The molecule has 5 heteroatoms. The molecule has 84 valence electrons. The highest BCUT2D eigenvalue weighted by atomic mass is 35.5. The Balaban J connectivity index is 0.00000196. The second-order valence-electron chi connectivity index (χ2n) is 2.66. The molecule has 0 radical (unpaired) electrons. The minimum absolute atomic E-state index is 0. The molecule has 1 aromatic carbocycles. The van der Waals surface area contributed by atoms with E-state index in [1.54, 1.807) is 0 Å². The van der Waals surface area contributed by atoms with Gasteiger partial charge in [0.25, 0.3) is 0 Å². The highest BCUT2D eigenvalue weighted by Gasteiger charge is 2.02. The van der Waals surface area contributed by atoms with Gasteiger partial charge in [0.05, 0.1) is 0 Å². The molecule has 0 spiro atoms. The van der Waals surface area contributed by atoms with Crippen molar-refractivity contribution in [2.45, 2.75) is 5.75 Å². The lowest BCUT2D eigenvalue weighted by Crippen LogP contribution is -2.10. The Morgan fingerprint density at radius 1 is 1.33 bits per heavy atom. The van der Waals surface area contributed by atoms with E-state index in [0.717, 1.165) is 17.3 Å². The van der Waals surface area contributed by atoms with Gasteiger partial charge in [-0.25, -0.2) is 4.79 Å². The fourth-order valence-corrected chi connectivity index (χ4v) is 1.54. The third kappa shape index (κ3) is 6.38. The van der Waals surface area contributed by atoms with Gasteiger partial charge in [-0.3, -0.25) is 0 Å². The zero-order chi connectivity index (χ0) is 10.2. The van der Waals surface area contributed by atoms with Gasteiger partial charge in [-0.2, -0.15) is 0 Å². The van der Waals surface area contributed by atoms with E-state index in [1.165, 1.54) is 0 Å². The summed E-state index contributed by atoms with van der Waals surface area (Å²) in [4.78, 5) is 11.1. The van der Waals surface area contributed by atoms with E-state index in [0.29, 0.717) is 18.9 Å². The van der Waals surface area contributed by atoms with Gasteiger partial charge >= 0.3 is 5.30 Å². The average Bonchev–Trinajstić information content (AvgIpc) is 2.25. The van der Waals surface area contributed by atoms with Crippen LogP contribution in [0.5, 0.6) is 0 Å². The van der Waals surface area contributed by atoms with Crippen LogP contribution in [0.4, 0.5) is 4.79 Å². The van der Waals surface area contributed by atoms with Crippen LogP contribution in [0.15, 0.2) is 30.3 Å². The minimum atomic E-state index is -0.265. The molecule has 0 saturated heterocycles. The monoisotopic (exact) mass is 247 g/mol. The first-order valence-corrected chi connectivity index (χ1v) is 5.35.